The summed E-state index contributed by atoms with van der Waals surface area (Å²) in [4.78, 5) is 40.2. The number of fused-ring (bicyclic) bond motifs is 2. The Balaban J connectivity index is 1.40. The molecule has 3 aliphatic rings. The zero-order chi connectivity index (χ0) is 22.8. The Hall–Kier alpha value is -2.94. The summed E-state index contributed by atoms with van der Waals surface area (Å²) in [7, 11) is -3.07. The van der Waals surface area contributed by atoms with E-state index in [1.54, 1.807) is 13.0 Å². The Morgan fingerprint density at radius 3 is 2.69 bits per heavy atom. The maximum absolute atomic E-state index is 13.3. The number of nitrogens with one attached hydrogen (secondary N) is 1. The SMILES string of the molecule is Cc1cc(C(=O)CN2C(=O)N[C@@]3(CCc4ccccc43)C2=O)c(C)n1[C@H]1CCS(=O)(=O)C1. The number of aromatic nitrogens is 1. The highest BCUT2D eigenvalue weighted by molar-refractivity contribution is 7.91. The molecule has 1 aromatic heterocycles. The average molecular weight is 456 g/mol. The number of ketones is 1. The summed E-state index contributed by atoms with van der Waals surface area (Å²) in [5, 5.41) is 2.84. The van der Waals surface area contributed by atoms with Gasteiger partial charge in [0.15, 0.2) is 15.6 Å². The molecule has 1 spiro atoms. The summed E-state index contributed by atoms with van der Waals surface area (Å²) in [6.07, 6.45) is 1.68. The molecule has 168 valence electrons. The van der Waals surface area contributed by atoms with Gasteiger partial charge in [-0.2, -0.15) is 0 Å². The number of hydrogen-bond donors (Lipinski definition) is 1. The van der Waals surface area contributed by atoms with Gasteiger partial charge in [0.05, 0.1) is 18.1 Å². The molecule has 2 saturated heterocycles. The number of sulfone groups is 1. The van der Waals surface area contributed by atoms with E-state index in [2.05, 4.69) is 5.32 Å². The highest BCUT2D eigenvalue weighted by atomic mass is 32.2. The van der Waals surface area contributed by atoms with E-state index in [9.17, 15) is 22.8 Å². The maximum atomic E-state index is 13.3. The second-order valence-corrected chi connectivity index (χ2v) is 11.2. The van der Waals surface area contributed by atoms with E-state index < -0.39 is 27.3 Å². The van der Waals surface area contributed by atoms with Crippen molar-refractivity contribution in [1.29, 1.82) is 0 Å². The number of hydrogen-bond acceptors (Lipinski definition) is 5. The number of amides is 3. The van der Waals surface area contributed by atoms with Gasteiger partial charge >= 0.3 is 6.03 Å². The summed E-state index contributed by atoms with van der Waals surface area (Å²) in [5.41, 5.74) is 2.62. The number of Topliss-reactive ketones (excluding diaryl/α,β-unsaturated/α-hetero) is 1. The predicted molar refractivity (Wildman–Crippen MR) is 117 cm³/mol. The molecule has 1 aliphatic carbocycles. The van der Waals surface area contributed by atoms with Crippen molar-refractivity contribution in [2.45, 2.75) is 44.7 Å². The number of aryl methyl sites for hydroxylation is 2. The Bertz CT molecular complexity index is 1280. The topological polar surface area (TPSA) is 106 Å². The number of imide groups is 1. The zero-order valence-corrected chi connectivity index (χ0v) is 18.9. The van der Waals surface area contributed by atoms with Gasteiger partial charge in [0.25, 0.3) is 5.91 Å². The fourth-order valence-electron chi connectivity index (χ4n) is 5.56. The number of carbonyl (C=O) groups is 3. The Morgan fingerprint density at radius 1 is 1.22 bits per heavy atom. The van der Waals surface area contributed by atoms with Crippen LogP contribution in [0.2, 0.25) is 0 Å². The van der Waals surface area contributed by atoms with Gasteiger partial charge in [0.1, 0.15) is 5.54 Å². The first-order valence-corrected chi connectivity index (χ1v) is 12.6. The third-order valence-electron chi connectivity index (χ3n) is 7.08. The quantitative estimate of drug-likeness (QED) is 0.561. The molecule has 0 saturated carbocycles. The summed E-state index contributed by atoms with van der Waals surface area (Å²) in [5.74, 6) is -0.524. The third-order valence-corrected chi connectivity index (χ3v) is 8.83. The van der Waals surface area contributed by atoms with Crippen molar-refractivity contribution in [3.8, 4) is 0 Å². The normalized spacial score (nSPS) is 26.1. The van der Waals surface area contributed by atoms with Crippen molar-refractivity contribution in [3.05, 3.63) is 58.4 Å². The molecule has 1 N–H and O–H groups in total. The largest absolute Gasteiger partial charge is 0.344 e. The number of rotatable bonds is 4. The van der Waals surface area contributed by atoms with E-state index in [0.717, 1.165) is 21.7 Å². The molecule has 1 aromatic carbocycles. The minimum atomic E-state index is -3.07. The number of benzene rings is 1. The van der Waals surface area contributed by atoms with Crippen LogP contribution in [0.15, 0.2) is 30.3 Å². The molecule has 0 bridgehead atoms. The second-order valence-electron chi connectivity index (χ2n) is 9.02. The van der Waals surface area contributed by atoms with Crippen LogP contribution >= 0.6 is 0 Å². The monoisotopic (exact) mass is 455 g/mol. The van der Waals surface area contributed by atoms with Crippen molar-refractivity contribution in [2.24, 2.45) is 0 Å². The van der Waals surface area contributed by atoms with Crippen LogP contribution in [0, 0.1) is 13.8 Å². The second kappa shape index (κ2) is 7.03. The van der Waals surface area contributed by atoms with Crippen LogP contribution in [-0.4, -0.2) is 53.7 Å². The first kappa shape index (κ1) is 20.9. The van der Waals surface area contributed by atoms with Crippen LogP contribution in [0.4, 0.5) is 4.79 Å². The first-order chi connectivity index (χ1) is 15.1. The molecular weight excluding hydrogens is 430 g/mol. The lowest BCUT2D eigenvalue weighted by molar-refractivity contribution is -0.131. The number of carbonyl (C=O) groups excluding carboxylic acids is 3. The lowest BCUT2D eigenvalue weighted by Gasteiger charge is -2.22. The zero-order valence-electron chi connectivity index (χ0n) is 18.1. The van der Waals surface area contributed by atoms with E-state index in [1.807, 2.05) is 35.8 Å². The van der Waals surface area contributed by atoms with Gasteiger partial charge in [-0.1, -0.05) is 24.3 Å². The van der Waals surface area contributed by atoms with Crippen LogP contribution in [0.5, 0.6) is 0 Å². The number of nitrogens with zero attached hydrogens (tertiary/aromatic N) is 2. The summed E-state index contributed by atoms with van der Waals surface area (Å²) in [6, 6.07) is 8.53. The van der Waals surface area contributed by atoms with E-state index in [4.69, 9.17) is 0 Å². The highest BCUT2D eigenvalue weighted by Gasteiger charge is 2.55. The third kappa shape index (κ3) is 3.02. The Labute approximate surface area is 186 Å². The Kier molecular flexibility index (Phi) is 4.60. The molecule has 2 atom stereocenters. The van der Waals surface area contributed by atoms with Gasteiger partial charge in [-0.05, 0) is 50.3 Å². The minimum Gasteiger partial charge on any atom is -0.344 e. The van der Waals surface area contributed by atoms with Gasteiger partial charge in [0, 0.05) is 23.0 Å². The van der Waals surface area contributed by atoms with Gasteiger partial charge < -0.3 is 9.88 Å². The molecular formula is C23H25N3O5S. The standard InChI is InChI=1S/C23H25N3O5S/c1-14-11-18(15(2)26(14)17-8-10-32(30,31)13-17)20(27)12-25-21(28)23(24-22(25)29)9-7-16-5-3-4-6-19(16)23/h3-6,11,17H,7-10,12-13H2,1-2H3,(H,24,29)/t17-,23+/m0/s1. The van der Waals surface area contributed by atoms with Crippen LogP contribution in [-0.2, 0) is 26.6 Å². The predicted octanol–water partition coefficient (Wildman–Crippen LogP) is 2.04. The summed E-state index contributed by atoms with van der Waals surface area (Å²) >= 11 is 0. The van der Waals surface area contributed by atoms with Crippen molar-refractivity contribution >= 4 is 27.6 Å². The highest BCUT2D eigenvalue weighted by Crippen LogP contribution is 2.41. The molecule has 3 amide bonds. The summed E-state index contributed by atoms with van der Waals surface area (Å²) < 4.78 is 25.7. The molecule has 2 aromatic rings. The van der Waals surface area contributed by atoms with Crippen LogP contribution in [0.1, 0.15) is 51.8 Å². The molecule has 32 heavy (non-hydrogen) atoms. The lowest BCUT2D eigenvalue weighted by Crippen LogP contribution is -2.42. The first-order valence-electron chi connectivity index (χ1n) is 10.8. The molecule has 2 aliphatic heterocycles. The molecule has 0 unspecified atom stereocenters. The van der Waals surface area contributed by atoms with Gasteiger partial charge in [-0.25, -0.2) is 13.2 Å². The van der Waals surface area contributed by atoms with E-state index in [-0.39, 0.29) is 29.9 Å². The van der Waals surface area contributed by atoms with Crippen LogP contribution in [0.3, 0.4) is 0 Å². The van der Waals surface area contributed by atoms with Crippen molar-refractivity contribution in [2.75, 3.05) is 18.1 Å². The fraction of sp³-hybridized carbons (Fsp3) is 0.435. The van der Waals surface area contributed by atoms with E-state index in [1.165, 1.54) is 0 Å². The van der Waals surface area contributed by atoms with Crippen molar-refractivity contribution in [1.82, 2.24) is 14.8 Å². The van der Waals surface area contributed by atoms with E-state index >= 15 is 0 Å². The van der Waals surface area contributed by atoms with Crippen molar-refractivity contribution < 1.29 is 22.8 Å². The lowest BCUT2D eigenvalue weighted by atomic mass is 9.92. The molecule has 9 heteroatoms. The number of urea groups is 1. The average Bonchev–Trinajstić information content (AvgIpc) is 3.44. The van der Waals surface area contributed by atoms with Gasteiger partial charge in [0.2, 0.25) is 0 Å². The molecule has 0 radical (unpaired) electrons. The van der Waals surface area contributed by atoms with Crippen LogP contribution < -0.4 is 5.32 Å². The summed E-state index contributed by atoms with van der Waals surface area (Å²) in [6.45, 7) is 3.28. The van der Waals surface area contributed by atoms with Crippen LogP contribution in [0.25, 0.3) is 0 Å². The smallest absolute Gasteiger partial charge is 0.325 e. The van der Waals surface area contributed by atoms with Crippen molar-refractivity contribution in [3.63, 3.8) is 0 Å². The molecule has 3 heterocycles. The minimum absolute atomic E-state index is 0.0614. The maximum Gasteiger partial charge on any atom is 0.325 e. The fourth-order valence-corrected chi connectivity index (χ4v) is 7.26. The van der Waals surface area contributed by atoms with Gasteiger partial charge in [-0.3, -0.25) is 14.5 Å². The Morgan fingerprint density at radius 2 is 1.97 bits per heavy atom. The molecule has 8 nitrogen and oxygen atoms in total. The molecule has 2 fully saturated rings. The van der Waals surface area contributed by atoms with E-state index in [0.29, 0.717) is 30.5 Å². The molecule has 5 rings (SSSR count). The van der Waals surface area contributed by atoms with Gasteiger partial charge in [-0.15, -0.1) is 0 Å².